The van der Waals surface area contributed by atoms with Crippen molar-refractivity contribution in [3.63, 3.8) is 0 Å². The van der Waals surface area contributed by atoms with Gasteiger partial charge >= 0.3 is 5.97 Å². The van der Waals surface area contributed by atoms with Crippen LogP contribution in [0.15, 0.2) is 12.2 Å². The first-order chi connectivity index (χ1) is 12.1. The van der Waals surface area contributed by atoms with Crippen molar-refractivity contribution in [2.75, 3.05) is 0 Å². The van der Waals surface area contributed by atoms with E-state index in [-0.39, 0.29) is 11.3 Å². The third-order valence-corrected chi connectivity index (χ3v) is 6.34. The van der Waals surface area contributed by atoms with E-state index in [1.54, 1.807) is 12.4 Å². The maximum atomic E-state index is 10.4. The first-order valence-electron chi connectivity index (χ1n) is 10.1. The topological polar surface area (TPSA) is 85.0 Å². The van der Waals surface area contributed by atoms with Crippen LogP contribution in [-0.2, 0) is 4.79 Å². The lowest BCUT2D eigenvalue weighted by Crippen LogP contribution is -2.36. The zero-order valence-corrected chi connectivity index (χ0v) is 15.4. The Balaban J connectivity index is 1.54. The second kappa shape index (κ2) is 9.88. The number of aliphatic carboxylic acids is 1. The van der Waals surface area contributed by atoms with Crippen LogP contribution >= 0.6 is 0 Å². The van der Waals surface area contributed by atoms with Crippen LogP contribution in [0.2, 0.25) is 0 Å². The lowest BCUT2D eigenvalue weighted by molar-refractivity contribution is -0.137. The molecule has 4 heteroatoms. The number of fused-ring (bicyclic) bond motifs is 2. The fraction of sp³-hybridized carbons (Fsp3) is 0.762. The second-order valence-electron chi connectivity index (χ2n) is 7.92. The smallest absolute Gasteiger partial charge is 0.303 e. The highest BCUT2D eigenvalue weighted by Crippen LogP contribution is 2.56. The Kier molecular flexibility index (Phi) is 7.86. The minimum absolute atomic E-state index is 0.0781. The van der Waals surface area contributed by atoms with Crippen LogP contribution in [0.3, 0.4) is 0 Å². The van der Waals surface area contributed by atoms with Crippen LogP contribution < -0.4 is 0 Å². The third-order valence-electron chi connectivity index (χ3n) is 6.34. The highest BCUT2D eigenvalue weighted by atomic mass is 16.4. The molecule has 3 N–H and O–H groups in total. The van der Waals surface area contributed by atoms with Crippen molar-refractivity contribution in [3.05, 3.63) is 12.2 Å². The van der Waals surface area contributed by atoms with E-state index in [0.29, 0.717) is 18.3 Å². The van der Waals surface area contributed by atoms with Crippen molar-refractivity contribution >= 4 is 18.4 Å². The zero-order chi connectivity index (χ0) is 18.1. The van der Waals surface area contributed by atoms with Crippen LogP contribution in [0.25, 0.3) is 0 Å². The minimum atomic E-state index is -0.682. The molecule has 0 radical (unpaired) electrons. The highest BCUT2D eigenvalue weighted by Gasteiger charge is 2.53. The van der Waals surface area contributed by atoms with Crippen LogP contribution in [0.5, 0.6) is 0 Å². The van der Waals surface area contributed by atoms with Gasteiger partial charge in [0.25, 0.3) is 0 Å². The number of carboxylic acid groups (broad SMARTS) is 1. The van der Waals surface area contributed by atoms with Crippen molar-refractivity contribution in [2.45, 2.75) is 77.0 Å². The summed E-state index contributed by atoms with van der Waals surface area (Å²) in [6.07, 6.45) is 20.7. The van der Waals surface area contributed by atoms with E-state index >= 15 is 0 Å². The Bertz CT molecular complexity index is 488. The molecule has 2 rings (SSSR count). The molecule has 1 fully saturated rings. The van der Waals surface area contributed by atoms with Crippen molar-refractivity contribution in [1.82, 2.24) is 0 Å². The molecule has 140 valence electrons. The summed E-state index contributed by atoms with van der Waals surface area (Å²) in [5.41, 5.74) is -0.0781. The molecule has 0 aromatic carbocycles. The average Bonchev–Trinajstić information content (AvgIpc) is 3.19. The largest absolute Gasteiger partial charge is 0.481 e. The lowest BCUT2D eigenvalue weighted by atomic mass is 9.67. The number of carbonyl (C=O) groups is 1. The molecular weight excluding hydrogens is 312 g/mol. The van der Waals surface area contributed by atoms with Crippen molar-refractivity contribution in [1.29, 1.82) is 10.8 Å². The van der Waals surface area contributed by atoms with Crippen LogP contribution in [0, 0.1) is 34.0 Å². The van der Waals surface area contributed by atoms with Gasteiger partial charge in [-0.15, -0.1) is 0 Å². The Hall–Kier alpha value is -1.45. The quantitative estimate of drug-likeness (QED) is 0.221. The molecule has 0 aromatic rings. The predicted molar refractivity (Wildman–Crippen MR) is 103 cm³/mol. The van der Waals surface area contributed by atoms with E-state index in [1.807, 2.05) is 0 Å². The molecule has 25 heavy (non-hydrogen) atoms. The standard InChI is InChI=1S/C21H34N2O2/c22-15-19-17-11-12-18(14-17)21(19,16-23)13-9-7-5-3-1-2-4-6-8-10-20(24)25/h11-12,15-19,22-23H,1-10,13-14H2,(H,24,25). The van der Waals surface area contributed by atoms with E-state index in [4.69, 9.17) is 15.9 Å². The Morgan fingerprint density at radius 1 is 1.00 bits per heavy atom. The van der Waals surface area contributed by atoms with Gasteiger partial charge in [0.05, 0.1) is 0 Å². The zero-order valence-electron chi connectivity index (χ0n) is 15.4. The molecule has 0 heterocycles. The molecule has 0 spiro atoms. The molecule has 0 saturated heterocycles. The van der Waals surface area contributed by atoms with Crippen molar-refractivity contribution in [2.24, 2.45) is 23.2 Å². The van der Waals surface area contributed by atoms with Gasteiger partial charge in [-0.05, 0) is 37.3 Å². The van der Waals surface area contributed by atoms with Crippen molar-refractivity contribution < 1.29 is 9.90 Å². The summed E-state index contributed by atoms with van der Waals surface area (Å²) in [7, 11) is 0. The number of hydrogen-bond donors (Lipinski definition) is 3. The number of unbranched alkanes of at least 4 members (excludes halogenated alkanes) is 8. The monoisotopic (exact) mass is 346 g/mol. The highest BCUT2D eigenvalue weighted by molar-refractivity contribution is 5.75. The summed E-state index contributed by atoms with van der Waals surface area (Å²) in [6, 6.07) is 0. The molecule has 4 atom stereocenters. The SMILES string of the molecule is N=CC1C2C=CC(C2)C1(C=N)CCCCCCCCCCCC(=O)O. The van der Waals surface area contributed by atoms with Crippen LogP contribution in [0.4, 0.5) is 0 Å². The summed E-state index contributed by atoms with van der Waals surface area (Å²) >= 11 is 0. The molecular formula is C21H34N2O2. The molecule has 4 nitrogen and oxygen atoms in total. The van der Waals surface area contributed by atoms with E-state index in [2.05, 4.69) is 12.2 Å². The van der Waals surface area contributed by atoms with Gasteiger partial charge in [-0.25, -0.2) is 0 Å². The molecule has 1 saturated carbocycles. The third kappa shape index (κ3) is 5.02. The minimum Gasteiger partial charge on any atom is -0.481 e. The maximum absolute atomic E-state index is 10.4. The van der Waals surface area contributed by atoms with Gasteiger partial charge in [0.1, 0.15) is 0 Å². The number of allylic oxidation sites excluding steroid dienone is 2. The number of rotatable bonds is 14. The number of carboxylic acids is 1. The van der Waals surface area contributed by atoms with Crippen LogP contribution in [0.1, 0.15) is 77.0 Å². The van der Waals surface area contributed by atoms with Gasteiger partial charge in [-0.2, -0.15) is 0 Å². The van der Waals surface area contributed by atoms with Gasteiger partial charge in [-0.1, -0.05) is 63.5 Å². The van der Waals surface area contributed by atoms with E-state index < -0.39 is 5.97 Å². The Morgan fingerprint density at radius 2 is 1.60 bits per heavy atom. The number of hydrogen-bond acceptors (Lipinski definition) is 3. The normalized spacial score (nSPS) is 29.8. The first-order valence-corrected chi connectivity index (χ1v) is 10.1. The molecule has 0 amide bonds. The summed E-state index contributed by atoms with van der Waals surface area (Å²) in [6.45, 7) is 0. The molecule has 4 unspecified atom stereocenters. The summed E-state index contributed by atoms with van der Waals surface area (Å²) in [4.78, 5) is 10.4. The van der Waals surface area contributed by atoms with Gasteiger partial charge in [0, 0.05) is 24.0 Å². The van der Waals surface area contributed by atoms with E-state index in [9.17, 15) is 4.79 Å². The van der Waals surface area contributed by atoms with Gasteiger partial charge in [-0.3, -0.25) is 4.79 Å². The average molecular weight is 347 g/mol. The Labute approximate surface area is 152 Å². The van der Waals surface area contributed by atoms with Gasteiger partial charge in [0.15, 0.2) is 0 Å². The Morgan fingerprint density at radius 3 is 2.16 bits per heavy atom. The molecule has 0 aliphatic heterocycles. The predicted octanol–water partition coefficient (Wildman–Crippen LogP) is 5.47. The van der Waals surface area contributed by atoms with Crippen molar-refractivity contribution in [3.8, 4) is 0 Å². The van der Waals surface area contributed by atoms with E-state index in [1.165, 1.54) is 32.1 Å². The molecule has 0 aromatic heterocycles. The lowest BCUT2D eigenvalue weighted by Gasteiger charge is -2.37. The molecule has 2 aliphatic rings. The fourth-order valence-corrected chi connectivity index (χ4v) is 4.89. The molecule has 2 bridgehead atoms. The maximum Gasteiger partial charge on any atom is 0.303 e. The first kappa shape index (κ1) is 19.9. The van der Waals surface area contributed by atoms with Gasteiger partial charge in [0.2, 0.25) is 0 Å². The van der Waals surface area contributed by atoms with E-state index in [0.717, 1.165) is 38.5 Å². The second-order valence-corrected chi connectivity index (χ2v) is 7.92. The summed E-state index contributed by atoms with van der Waals surface area (Å²) in [5, 5.41) is 24.4. The fourth-order valence-electron chi connectivity index (χ4n) is 4.89. The summed E-state index contributed by atoms with van der Waals surface area (Å²) < 4.78 is 0. The van der Waals surface area contributed by atoms with Gasteiger partial charge < -0.3 is 15.9 Å². The van der Waals surface area contributed by atoms with Crippen LogP contribution in [-0.4, -0.2) is 23.5 Å². The molecule has 2 aliphatic carbocycles. The summed E-state index contributed by atoms with van der Waals surface area (Å²) in [5.74, 6) is 0.530. The number of nitrogens with one attached hydrogen (secondary N) is 2.